The number of ether oxygens (including phenoxy) is 4. The molecule has 4 unspecified atom stereocenters. The third-order valence-corrected chi connectivity index (χ3v) is 12.0. The number of fused-ring (bicyclic) bond motifs is 1. The van der Waals surface area contributed by atoms with Gasteiger partial charge < -0.3 is 33.9 Å². The normalized spacial score (nSPS) is 25.2. The summed E-state index contributed by atoms with van der Waals surface area (Å²) in [5.74, 6) is -4.27. The molecule has 0 aromatic heterocycles. The van der Waals surface area contributed by atoms with Gasteiger partial charge in [-0.1, -0.05) is 32.4 Å². The number of halogens is 1. The monoisotopic (exact) mass is 787 g/mol. The Bertz CT molecular complexity index is 1940. The van der Waals surface area contributed by atoms with E-state index in [-0.39, 0.29) is 49.1 Å². The standard InChI is InChI=1S/C43H61ClN2O9/c1-14-37(50)54-28(8)38(23(2)3)42(9,10)46-32-17-25(5)31(44)21-30(32)43(11,39-27(7)24(4)18-33(52-12)40(39)53-13)55-34(41(46)51)22-35(47)45-16-15-29(19-26(45)6)20-36(48)49/h17-18,21,23,26,28-29,34,38H,14-16,19-20,22H2,1-13H3,(H,48,49)/t26?,28?,29?,34-,38?,43+/m1/s1/i22D2,34D. The molecule has 2 aromatic rings. The van der Waals surface area contributed by atoms with Crippen LogP contribution in [0.3, 0.4) is 0 Å². The van der Waals surface area contributed by atoms with Gasteiger partial charge in [-0.05, 0) is 115 Å². The van der Waals surface area contributed by atoms with Crippen LogP contribution in [0.2, 0.25) is 5.02 Å². The Balaban J connectivity index is 2.15. The van der Waals surface area contributed by atoms with Crippen molar-refractivity contribution in [1.29, 1.82) is 0 Å². The van der Waals surface area contributed by atoms with Gasteiger partial charge in [-0.3, -0.25) is 19.2 Å². The van der Waals surface area contributed by atoms with Crippen LogP contribution in [-0.4, -0.2) is 78.3 Å². The fourth-order valence-corrected chi connectivity index (χ4v) is 9.16. The van der Waals surface area contributed by atoms with Crippen LogP contribution in [0.1, 0.15) is 119 Å². The number of hydrogen-bond acceptors (Lipinski definition) is 8. The number of methoxy groups -OCH3 is 2. The number of amides is 2. The molecule has 2 aromatic carbocycles. The molecule has 55 heavy (non-hydrogen) atoms. The summed E-state index contributed by atoms with van der Waals surface area (Å²) in [7, 11) is 2.91. The minimum Gasteiger partial charge on any atom is -0.493 e. The number of anilines is 1. The lowest BCUT2D eigenvalue weighted by Gasteiger charge is -2.48. The molecule has 0 radical (unpaired) electrons. The van der Waals surface area contributed by atoms with Crippen molar-refractivity contribution in [2.24, 2.45) is 17.8 Å². The molecule has 1 N–H and O–H groups in total. The second kappa shape index (κ2) is 17.1. The van der Waals surface area contributed by atoms with Gasteiger partial charge in [0, 0.05) is 55.8 Å². The number of nitrogens with zero attached hydrogens (tertiary/aromatic N) is 2. The maximum Gasteiger partial charge on any atom is 0.305 e. The van der Waals surface area contributed by atoms with Gasteiger partial charge in [0.05, 0.1) is 27.7 Å². The molecule has 1 saturated heterocycles. The smallest absolute Gasteiger partial charge is 0.305 e. The van der Waals surface area contributed by atoms with E-state index < -0.39 is 65.4 Å². The fraction of sp³-hybridized carbons (Fsp3) is 0.628. The van der Waals surface area contributed by atoms with E-state index in [2.05, 4.69) is 0 Å². The van der Waals surface area contributed by atoms with E-state index >= 15 is 4.79 Å². The predicted molar refractivity (Wildman–Crippen MR) is 213 cm³/mol. The Hall–Kier alpha value is -3.83. The average Bonchev–Trinajstić information content (AvgIpc) is 3.19. The summed E-state index contributed by atoms with van der Waals surface area (Å²) in [5, 5.41) is 9.76. The number of hydrogen-bond donors (Lipinski definition) is 1. The average molecular weight is 788 g/mol. The number of carboxylic acids is 1. The zero-order valence-electron chi connectivity index (χ0n) is 37.6. The highest BCUT2D eigenvalue weighted by Crippen LogP contribution is 2.53. The van der Waals surface area contributed by atoms with Crippen LogP contribution in [-0.2, 0) is 34.3 Å². The summed E-state index contributed by atoms with van der Waals surface area (Å²) >= 11 is 6.93. The molecule has 304 valence electrons. The molecular formula is C43H61ClN2O9. The van der Waals surface area contributed by atoms with Crippen LogP contribution in [0.5, 0.6) is 11.5 Å². The van der Waals surface area contributed by atoms with E-state index in [1.54, 1.807) is 66.7 Å². The van der Waals surface area contributed by atoms with E-state index in [1.807, 2.05) is 27.7 Å². The van der Waals surface area contributed by atoms with Gasteiger partial charge in [0.1, 0.15) is 17.8 Å². The van der Waals surface area contributed by atoms with Crippen molar-refractivity contribution in [2.75, 3.05) is 25.7 Å². The van der Waals surface area contributed by atoms with Crippen molar-refractivity contribution in [1.82, 2.24) is 4.90 Å². The van der Waals surface area contributed by atoms with Gasteiger partial charge >= 0.3 is 11.9 Å². The molecule has 0 aliphatic carbocycles. The van der Waals surface area contributed by atoms with Crippen LogP contribution >= 0.6 is 11.6 Å². The van der Waals surface area contributed by atoms with E-state index in [4.69, 9.17) is 30.5 Å². The first-order valence-corrected chi connectivity index (χ1v) is 19.4. The van der Waals surface area contributed by atoms with Gasteiger partial charge in [-0.2, -0.15) is 0 Å². The molecule has 11 nitrogen and oxygen atoms in total. The molecule has 2 aliphatic rings. The largest absolute Gasteiger partial charge is 0.493 e. The Morgan fingerprint density at radius 1 is 1.13 bits per heavy atom. The Morgan fingerprint density at radius 3 is 2.33 bits per heavy atom. The molecule has 2 heterocycles. The molecule has 0 saturated carbocycles. The van der Waals surface area contributed by atoms with Gasteiger partial charge in [0.2, 0.25) is 5.91 Å². The summed E-state index contributed by atoms with van der Waals surface area (Å²) in [6.45, 7) is 19.6. The number of carboxylic acid groups (broad SMARTS) is 1. The highest BCUT2D eigenvalue weighted by atomic mass is 35.5. The van der Waals surface area contributed by atoms with Gasteiger partial charge in [0.25, 0.3) is 5.91 Å². The molecule has 2 aliphatic heterocycles. The first-order chi connectivity index (χ1) is 26.8. The molecule has 1 fully saturated rings. The lowest BCUT2D eigenvalue weighted by Crippen LogP contribution is -2.60. The van der Waals surface area contributed by atoms with Crippen molar-refractivity contribution >= 4 is 41.0 Å². The van der Waals surface area contributed by atoms with Crippen LogP contribution in [0.4, 0.5) is 5.69 Å². The molecule has 2 amide bonds. The van der Waals surface area contributed by atoms with Crippen LogP contribution in [0.15, 0.2) is 18.2 Å². The summed E-state index contributed by atoms with van der Waals surface area (Å²) in [6, 6.07) is 4.51. The van der Waals surface area contributed by atoms with Crippen molar-refractivity contribution in [2.45, 2.75) is 138 Å². The fourth-order valence-electron chi connectivity index (χ4n) is 8.99. The predicted octanol–water partition coefficient (Wildman–Crippen LogP) is 8.16. The molecule has 0 bridgehead atoms. The topological polar surface area (TPSA) is 132 Å². The first-order valence-electron chi connectivity index (χ1n) is 20.6. The maximum atomic E-state index is 15.9. The number of benzene rings is 2. The lowest BCUT2D eigenvalue weighted by atomic mass is 9.74. The van der Waals surface area contributed by atoms with Crippen molar-refractivity contribution in [3.8, 4) is 11.5 Å². The van der Waals surface area contributed by atoms with Crippen molar-refractivity contribution < 1.29 is 47.3 Å². The highest BCUT2D eigenvalue weighted by Gasteiger charge is 2.53. The number of likely N-dealkylation sites (tertiary alicyclic amines) is 1. The molecule has 0 spiro atoms. The Labute approximate surface area is 336 Å². The zero-order valence-corrected chi connectivity index (χ0v) is 35.4. The van der Waals surface area contributed by atoms with Crippen LogP contribution < -0.4 is 14.4 Å². The van der Waals surface area contributed by atoms with Gasteiger partial charge in [-0.15, -0.1) is 0 Å². The molecular weight excluding hydrogens is 724 g/mol. The minimum absolute atomic E-state index is 0.0149. The number of aryl methyl sites for hydroxylation is 2. The van der Waals surface area contributed by atoms with Crippen molar-refractivity contribution in [3.63, 3.8) is 0 Å². The number of aliphatic carboxylic acids is 1. The van der Waals surface area contributed by atoms with E-state index in [1.165, 1.54) is 24.0 Å². The number of carbonyl (C=O) groups is 4. The number of esters is 1. The lowest BCUT2D eigenvalue weighted by molar-refractivity contribution is -0.155. The third-order valence-electron chi connectivity index (χ3n) is 11.6. The van der Waals surface area contributed by atoms with E-state index in [0.29, 0.717) is 39.4 Å². The molecule has 4 rings (SSSR count). The zero-order chi connectivity index (χ0) is 44.0. The summed E-state index contributed by atoms with van der Waals surface area (Å²) in [6.07, 6.45) is -6.80. The van der Waals surface area contributed by atoms with E-state index in [9.17, 15) is 23.6 Å². The Morgan fingerprint density at radius 2 is 1.78 bits per heavy atom. The maximum absolute atomic E-state index is 15.9. The SMILES string of the molecule is [2H]C([2H])(C(=O)N1CCC(CC(=O)O)CC1C)[C@@]1([2H])O[C@](C)(c2c(C)c(C)cc(OC)c2OC)c2cc(Cl)c(C)cc2N(C(C)(C)C(C(C)C)C(C)OC(=O)CC)C1=O. The molecule has 12 heteroatoms. The van der Waals surface area contributed by atoms with E-state index in [0.717, 1.165) is 5.56 Å². The first kappa shape index (κ1) is 39.4. The summed E-state index contributed by atoms with van der Waals surface area (Å²) in [5.41, 5.74) is -0.460. The highest BCUT2D eigenvalue weighted by molar-refractivity contribution is 6.31. The van der Waals surface area contributed by atoms with Gasteiger partial charge in [0.15, 0.2) is 11.5 Å². The van der Waals surface area contributed by atoms with Crippen molar-refractivity contribution in [3.05, 3.63) is 51.0 Å². The quantitative estimate of drug-likeness (QED) is 0.200. The minimum atomic E-state index is -3.35. The number of rotatable bonds is 13. The number of carbonyl (C=O) groups excluding carboxylic acids is 3. The second-order valence-electron chi connectivity index (χ2n) is 16.1. The van der Waals surface area contributed by atoms with Crippen LogP contribution in [0.25, 0.3) is 0 Å². The second-order valence-corrected chi connectivity index (χ2v) is 16.5. The molecule has 6 atom stereocenters. The Kier molecular flexibility index (Phi) is 12.3. The summed E-state index contributed by atoms with van der Waals surface area (Å²) in [4.78, 5) is 57.6. The third kappa shape index (κ3) is 8.63. The number of piperidine rings is 1. The summed E-state index contributed by atoms with van der Waals surface area (Å²) < 4.78 is 54.2. The van der Waals surface area contributed by atoms with Gasteiger partial charge in [-0.25, -0.2) is 0 Å². The van der Waals surface area contributed by atoms with Crippen LogP contribution in [0, 0.1) is 38.5 Å².